The van der Waals surface area contributed by atoms with Gasteiger partial charge in [0.05, 0.1) is 26.2 Å². The van der Waals surface area contributed by atoms with E-state index >= 15 is 0 Å². The summed E-state index contributed by atoms with van der Waals surface area (Å²) in [4.78, 5) is 10.0. The molecule has 0 aromatic carbocycles. The lowest BCUT2D eigenvalue weighted by atomic mass is 10.5. The first kappa shape index (κ1) is 11.4. The molecular formula is C8H16O4. The Bertz CT molecular complexity index is 114. The lowest BCUT2D eigenvalue weighted by Crippen LogP contribution is -2.08. The maximum atomic E-state index is 10.0. The molecule has 0 saturated heterocycles. The molecule has 0 rings (SSSR count). The van der Waals surface area contributed by atoms with E-state index in [4.69, 9.17) is 14.6 Å². The first-order valence-electron chi connectivity index (χ1n) is 4.14. The van der Waals surface area contributed by atoms with Gasteiger partial charge in [-0.1, -0.05) is 6.92 Å². The maximum absolute atomic E-state index is 10.0. The van der Waals surface area contributed by atoms with Crippen LogP contribution in [0.1, 0.15) is 19.8 Å². The van der Waals surface area contributed by atoms with Crippen molar-refractivity contribution >= 4 is 5.97 Å². The largest absolute Gasteiger partial charge is 0.481 e. The van der Waals surface area contributed by atoms with Crippen LogP contribution in [0.3, 0.4) is 0 Å². The Hall–Kier alpha value is -0.610. The fourth-order valence-corrected chi connectivity index (χ4v) is 0.626. The highest BCUT2D eigenvalue weighted by molar-refractivity contribution is 5.66. The van der Waals surface area contributed by atoms with Crippen LogP contribution < -0.4 is 0 Å². The van der Waals surface area contributed by atoms with Crippen LogP contribution in [0.5, 0.6) is 0 Å². The molecule has 0 unspecified atom stereocenters. The Morgan fingerprint density at radius 1 is 1.17 bits per heavy atom. The van der Waals surface area contributed by atoms with Gasteiger partial charge in [-0.25, -0.2) is 0 Å². The minimum absolute atomic E-state index is 0.0633. The van der Waals surface area contributed by atoms with E-state index in [1.807, 2.05) is 6.92 Å². The molecule has 0 aliphatic rings. The predicted molar refractivity (Wildman–Crippen MR) is 44.2 cm³/mol. The van der Waals surface area contributed by atoms with Gasteiger partial charge in [-0.05, 0) is 6.42 Å². The van der Waals surface area contributed by atoms with Gasteiger partial charge in [0, 0.05) is 6.61 Å². The molecule has 0 spiro atoms. The van der Waals surface area contributed by atoms with Crippen molar-refractivity contribution < 1.29 is 19.4 Å². The molecule has 1 N–H and O–H groups in total. The number of carboxylic acid groups (broad SMARTS) is 1. The molecule has 0 aliphatic carbocycles. The monoisotopic (exact) mass is 176 g/mol. The lowest BCUT2D eigenvalue weighted by molar-refractivity contribution is -0.138. The van der Waals surface area contributed by atoms with E-state index in [0.717, 1.165) is 13.0 Å². The molecule has 72 valence electrons. The molecule has 0 aromatic heterocycles. The second kappa shape index (κ2) is 8.49. The SMILES string of the molecule is CCCOCCOCCC(=O)O. The third kappa shape index (κ3) is 9.39. The second-order valence-corrected chi connectivity index (χ2v) is 2.37. The number of carboxylic acids is 1. The molecule has 0 amide bonds. The normalized spacial score (nSPS) is 10.1. The number of hydrogen-bond donors (Lipinski definition) is 1. The van der Waals surface area contributed by atoms with E-state index in [0.29, 0.717) is 13.2 Å². The highest BCUT2D eigenvalue weighted by Gasteiger charge is 1.95. The van der Waals surface area contributed by atoms with Gasteiger partial charge in [-0.2, -0.15) is 0 Å². The highest BCUT2D eigenvalue weighted by Crippen LogP contribution is 1.84. The Labute approximate surface area is 72.5 Å². The van der Waals surface area contributed by atoms with Crippen molar-refractivity contribution in [3.63, 3.8) is 0 Å². The van der Waals surface area contributed by atoms with Gasteiger partial charge in [0.2, 0.25) is 0 Å². The summed E-state index contributed by atoms with van der Waals surface area (Å²) < 4.78 is 10.1. The minimum Gasteiger partial charge on any atom is -0.481 e. The summed E-state index contributed by atoms with van der Waals surface area (Å²) >= 11 is 0. The van der Waals surface area contributed by atoms with Crippen molar-refractivity contribution in [1.82, 2.24) is 0 Å². The Balaban J connectivity index is 2.86. The van der Waals surface area contributed by atoms with E-state index in [9.17, 15) is 4.79 Å². The third-order valence-electron chi connectivity index (χ3n) is 1.18. The lowest BCUT2D eigenvalue weighted by Gasteiger charge is -2.02. The second-order valence-electron chi connectivity index (χ2n) is 2.37. The molecule has 0 aromatic rings. The van der Waals surface area contributed by atoms with Crippen molar-refractivity contribution in [1.29, 1.82) is 0 Å². The number of carbonyl (C=O) groups is 1. The van der Waals surface area contributed by atoms with Gasteiger partial charge in [-0.15, -0.1) is 0 Å². The van der Waals surface area contributed by atoms with Crippen molar-refractivity contribution in [2.45, 2.75) is 19.8 Å². The number of hydrogen-bond acceptors (Lipinski definition) is 3. The summed E-state index contributed by atoms with van der Waals surface area (Å²) in [6, 6.07) is 0. The van der Waals surface area contributed by atoms with E-state index in [1.165, 1.54) is 0 Å². The van der Waals surface area contributed by atoms with E-state index in [-0.39, 0.29) is 13.0 Å². The van der Waals surface area contributed by atoms with E-state index < -0.39 is 5.97 Å². The van der Waals surface area contributed by atoms with Crippen LogP contribution in [0.15, 0.2) is 0 Å². The van der Waals surface area contributed by atoms with E-state index in [2.05, 4.69) is 0 Å². The Morgan fingerprint density at radius 3 is 2.25 bits per heavy atom. The van der Waals surface area contributed by atoms with Gasteiger partial charge in [0.25, 0.3) is 0 Å². The first-order chi connectivity index (χ1) is 5.77. The van der Waals surface area contributed by atoms with Crippen molar-refractivity contribution in [3.8, 4) is 0 Å². The van der Waals surface area contributed by atoms with E-state index in [1.54, 1.807) is 0 Å². The zero-order valence-electron chi connectivity index (χ0n) is 7.41. The van der Waals surface area contributed by atoms with Gasteiger partial charge in [0.1, 0.15) is 0 Å². The molecule has 0 heterocycles. The summed E-state index contributed by atoms with van der Waals surface area (Å²) in [7, 11) is 0. The van der Waals surface area contributed by atoms with Crippen LogP contribution in [0, 0.1) is 0 Å². The molecule has 0 aliphatic heterocycles. The Kier molecular flexibility index (Phi) is 8.05. The fraction of sp³-hybridized carbons (Fsp3) is 0.875. The minimum atomic E-state index is -0.829. The summed E-state index contributed by atoms with van der Waals surface area (Å²) in [6.45, 7) is 4.07. The summed E-state index contributed by atoms with van der Waals surface area (Å²) in [5.41, 5.74) is 0. The van der Waals surface area contributed by atoms with Gasteiger partial charge >= 0.3 is 5.97 Å². The quantitative estimate of drug-likeness (QED) is 0.558. The number of rotatable bonds is 8. The number of ether oxygens (including phenoxy) is 2. The zero-order valence-corrected chi connectivity index (χ0v) is 7.41. The Morgan fingerprint density at radius 2 is 1.75 bits per heavy atom. The molecule has 0 radical (unpaired) electrons. The smallest absolute Gasteiger partial charge is 0.305 e. The number of aliphatic carboxylic acids is 1. The predicted octanol–water partition coefficient (Wildman–Crippen LogP) is 0.904. The van der Waals surface area contributed by atoms with Crippen molar-refractivity contribution in [3.05, 3.63) is 0 Å². The standard InChI is InChI=1S/C8H16O4/c1-2-4-11-6-7-12-5-3-8(9)10/h2-7H2,1H3,(H,9,10). The van der Waals surface area contributed by atoms with Gasteiger partial charge < -0.3 is 14.6 Å². The molecule has 0 bridgehead atoms. The zero-order chi connectivity index (χ0) is 9.23. The van der Waals surface area contributed by atoms with Crippen LogP contribution in [0.2, 0.25) is 0 Å². The molecule has 0 fully saturated rings. The fourth-order valence-electron chi connectivity index (χ4n) is 0.626. The average Bonchev–Trinajstić information content (AvgIpc) is 2.02. The molecular weight excluding hydrogens is 160 g/mol. The first-order valence-corrected chi connectivity index (χ1v) is 4.14. The topological polar surface area (TPSA) is 55.8 Å². The van der Waals surface area contributed by atoms with Crippen LogP contribution in [-0.4, -0.2) is 37.5 Å². The molecule has 4 heteroatoms. The van der Waals surface area contributed by atoms with Crippen molar-refractivity contribution in [2.24, 2.45) is 0 Å². The van der Waals surface area contributed by atoms with Crippen LogP contribution in [0.4, 0.5) is 0 Å². The third-order valence-corrected chi connectivity index (χ3v) is 1.18. The average molecular weight is 176 g/mol. The van der Waals surface area contributed by atoms with Crippen molar-refractivity contribution in [2.75, 3.05) is 26.4 Å². The maximum Gasteiger partial charge on any atom is 0.305 e. The highest BCUT2D eigenvalue weighted by atomic mass is 16.5. The molecule has 0 saturated carbocycles. The molecule has 4 nitrogen and oxygen atoms in total. The summed E-state index contributed by atoms with van der Waals surface area (Å²) in [6.07, 6.45) is 1.06. The van der Waals surface area contributed by atoms with Crippen LogP contribution >= 0.6 is 0 Å². The van der Waals surface area contributed by atoms with Gasteiger partial charge in [-0.3, -0.25) is 4.79 Å². The summed E-state index contributed by atoms with van der Waals surface area (Å²) in [5, 5.41) is 8.24. The summed E-state index contributed by atoms with van der Waals surface area (Å²) in [5.74, 6) is -0.829. The van der Waals surface area contributed by atoms with Crippen LogP contribution in [0.25, 0.3) is 0 Å². The van der Waals surface area contributed by atoms with Gasteiger partial charge in [0.15, 0.2) is 0 Å². The molecule has 12 heavy (non-hydrogen) atoms. The van der Waals surface area contributed by atoms with Crippen LogP contribution in [-0.2, 0) is 14.3 Å². The molecule has 0 atom stereocenters.